The Morgan fingerprint density at radius 1 is 1.00 bits per heavy atom. The Morgan fingerprint density at radius 2 is 1.73 bits per heavy atom. The molecule has 0 aliphatic rings. The highest BCUT2D eigenvalue weighted by Gasteiger charge is 2.12. The third-order valence-electron chi connectivity index (χ3n) is 3.56. The highest BCUT2D eigenvalue weighted by atomic mass is 19.1. The van der Waals surface area contributed by atoms with E-state index < -0.39 is 0 Å². The summed E-state index contributed by atoms with van der Waals surface area (Å²) in [5.74, 6) is 0.975. The second-order valence-corrected chi connectivity index (χ2v) is 5.20. The van der Waals surface area contributed by atoms with Crippen LogP contribution < -0.4 is 5.73 Å². The predicted molar refractivity (Wildman–Crippen MR) is 83.5 cm³/mol. The van der Waals surface area contributed by atoms with Crippen LogP contribution in [-0.2, 0) is 6.42 Å². The summed E-state index contributed by atoms with van der Waals surface area (Å²) in [5, 5.41) is 8.19. The molecule has 0 aliphatic heterocycles. The highest BCUT2D eigenvalue weighted by molar-refractivity contribution is 5.54. The molecule has 0 spiro atoms. The van der Waals surface area contributed by atoms with Crippen molar-refractivity contribution >= 4 is 0 Å². The van der Waals surface area contributed by atoms with Crippen LogP contribution in [0, 0.1) is 5.82 Å². The molecule has 22 heavy (non-hydrogen) atoms. The minimum Gasteiger partial charge on any atom is -0.324 e. The van der Waals surface area contributed by atoms with Gasteiger partial charge in [0.25, 0.3) is 0 Å². The average molecular weight is 296 g/mol. The number of hydrogen-bond donors (Lipinski definition) is 2. The number of rotatable bonds is 5. The summed E-state index contributed by atoms with van der Waals surface area (Å²) >= 11 is 0. The second-order valence-electron chi connectivity index (χ2n) is 5.20. The lowest BCUT2D eigenvalue weighted by atomic mass is 10.1. The predicted octanol–water partition coefficient (Wildman–Crippen LogP) is 3.24. The molecule has 1 heterocycles. The number of aromatic nitrogens is 3. The Balaban J connectivity index is 1.66. The van der Waals surface area contributed by atoms with Crippen molar-refractivity contribution in [2.24, 2.45) is 5.73 Å². The highest BCUT2D eigenvalue weighted by Crippen LogP contribution is 2.18. The van der Waals surface area contributed by atoms with E-state index in [9.17, 15) is 4.39 Å². The zero-order valence-electron chi connectivity index (χ0n) is 12.0. The number of H-pyrrole nitrogens is 1. The fourth-order valence-corrected chi connectivity index (χ4v) is 2.28. The maximum atomic E-state index is 12.9. The normalized spacial score (nSPS) is 12.3. The third kappa shape index (κ3) is 3.38. The number of aryl methyl sites for hydroxylation is 1. The summed E-state index contributed by atoms with van der Waals surface area (Å²) in [6.45, 7) is 0. The first kappa shape index (κ1) is 14.4. The summed E-state index contributed by atoms with van der Waals surface area (Å²) in [5.41, 5.74) is 8.20. The van der Waals surface area contributed by atoms with E-state index in [2.05, 4.69) is 27.3 Å². The van der Waals surface area contributed by atoms with Crippen molar-refractivity contribution in [3.63, 3.8) is 0 Å². The fourth-order valence-electron chi connectivity index (χ4n) is 2.28. The zero-order valence-corrected chi connectivity index (χ0v) is 12.0. The molecule has 3 aromatic rings. The van der Waals surface area contributed by atoms with Gasteiger partial charge in [-0.15, -0.1) is 10.2 Å². The lowest BCUT2D eigenvalue weighted by Gasteiger charge is -2.07. The molecular weight excluding hydrogens is 279 g/mol. The van der Waals surface area contributed by atoms with Crippen LogP contribution in [0.2, 0.25) is 0 Å². The summed E-state index contributed by atoms with van der Waals surface area (Å²) in [7, 11) is 0. The molecule has 5 heteroatoms. The maximum absolute atomic E-state index is 12.9. The maximum Gasteiger partial charge on any atom is 0.161 e. The van der Waals surface area contributed by atoms with E-state index in [-0.39, 0.29) is 11.9 Å². The van der Waals surface area contributed by atoms with Crippen molar-refractivity contribution in [1.29, 1.82) is 0 Å². The van der Waals surface area contributed by atoms with E-state index in [1.54, 1.807) is 12.1 Å². The molecule has 3 rings (SSSR count). The van der Waals surface area contributed by atoms with E-state index >= 15 is 0 Å². The van der Waals surface area contributed by atoms with Gasteiger partial charge in [0.1, 0.15) is 11.6 Å². The molecule has 3 N–H and O–H groups in total. The van der Waals surface area contributed by atoms with Gasteiger partial charge >= 0.3 is 0 Å². The molecule has 0 aliphatic carbocycles. The van der Waals surface area contributed by atoms with Gasteiger partial charge < -0.3 is 10.7 Å². The zero-order chi connectivity index (χ0) is 15.4. The van der Waals surface area contributed by atoms with Crippen LogP contribution in [0.15, 0.2) is 54.6 Å². The monoisotopic (exact) mass is 296 g/mol. The van der Waals surface area contributed by atoms with E-state index in [0.717, 1.165) is 18.4 Å². The first-order chi connectivity index (χ1) is 10.7. The van der Waals surface area contributed by atoms with Crippen LogP contribution in [0.3, 0.4) is 0 Å². The number of halogens is 1. The Morgan fingerprint density at radius 3 is 2.45 bits per heavy atom. The van der Waals surface area contributed by atoms with E-state index in [1.807, 2.05) is 18.2 Å². The van der Waals surface area contributed by atoms with Gasteiger partial charge in [-0.25, -0.2) is 4.39 Å². The van der Waals surface area contributed by atoms with Crippen molar-refractivity contribution in [3.05, 3.63) is 71.8 Å². The van der Waals surface area contributed by atoms with Gasteiger partial charge in [-0.2, -0.15) is 0 Å². The first-order valence-electron chi connectivity index (χ1n) is 7.20. The molecule has 112 valence electrons. The van der Waals surface area contributed by atoms with Crippen LogP contribution in [0.5, 0.6) is 0 Å². The number of nitrogens with one attached hydrogen (secondary N) is 1. The summed E-state index contributed by atoms with van der Waals surface area (Å²) < 4.78 is 12.9. The molecule has 0 fully saturated rings. The van der Waals surface area contributed by atoms with Gasteiger partial charge in [0.05, 0.1) is 6.04 Å². The number of nitrogens with zero attached hydrogens (tertiary/aromatic N) is 2. The van der Waals surface area contributed by atoms with Crippen LogP contribution in [0.25, 0.3) is 11.4 Å². The molecule has 1 aromatic heterocycles. The fraction of sp³-hybridized carbons (Fsp3) is 0.176. The average Bonchev–Trinajstić information content (AvgIpc) is 3.04. The molecule has 1 atom stereocenters. The van der Waals surface area contributed by atoms with E-state index in [1.165, 1.54) is 17.7 Å². The second kappa shape index (κ2) is 6.49. The largest absolute Gasteiger partial charge is 0.324 e. The summed E-state index contributed by atoms with van der Waals surface area (Å²) in [6.07, 6.45) is 1.66. The summed E-state index contributed by atoms with van der Waals surface area (Å²) in [6, 6.07) is 16.1. The van der Waals surface area contributed by atoms with Crippen molar-refractivity contribution in [1.82, 2.24) is 15.2 Å². The van der Waals surface area contributed by atoms with Gasteiger partial charge in [-0.3, -0.25) is 0 Å². The molecule has 0 radical (unpaired) electrons. The number of hydrogen-bond acceptors (Lipinski definition) is 3. The molecule has 0 unspecified atom stereocenters. The van der Waals surface area contributed by atoms with Crippen molar-refractivity contribution in [3.8, 4) is 11.4 Å². The topological polar surface area (TPSA) is 67.6 Å². The Labute approximate surface area is 128 Å². The van der Waals surface area contributed by atoms with Crippen LogP contribution >= 0.6 is 0 Å². The van der Waals surface area contributed by atoms with Crippen molar-refractivity contribution < 1.29 is 4.39 Å². The SMILES string of the molecule is N[C@H](CCc1ccccc1)c1nnc(-c2ccc(F)cc2)[nH]1. The van der Waals surface area contributed by atoms with Gasteiger partial charge in [0.15, 0.2) is 5.82 Å². The number of nitrogens with two attached hydrogens (primary N) is 1. The first-order valence-corrected chi connectivity index (χ1v) is 7.20. The van der Waals surface area contributed by atoms with E-state index in [0.29, 0.717) is 11.6 Å². The third-order valence-corrected chi connectivity index (χ3v) is 3.56. The Hall–Kier alpha value is -2.53. The molecular formula is C17H17FN4. The number of benzene rings is 2. The molecule has 2 aromatic carbocycles. The van der Waals surface area contributed by atoms with Gasteiger partial charge in [-0.1, -0.05) is 30.3 Å². The molecule has 4 nitrogen and oxygen atoms in total. The molecule has 0 saturated heterocycles. The van der Waals surface area contributed by atoms with Gasteiger partial charge in [-0.05, 0) is 42.7 Å². The lowest BCUT2D eigenvalue weighted by Crippen LogP contribution is -2.13. The van der Waals surface area contributed by atoms with Crippen LogP contribution in [0.4, 0.5) is 4.39 Å². The standard InChI is InChI=1S/C17H17FN4/c18-14-9-7-13(8-10-14)16-20-17(22-21-16)15(19)11-6-12-4-2-1-3-5-12/h1-5,7-10,15H,6,11,19H2,(H,20,21,22)/t15-/m1/s1. The Bertz CT molecular complexity index is 722. The molecule has 0 bridgehead atoms. The van der Waals surface area contributed by atoms with Crippen molar-refractivity contribution in [2.75, 3.05) is 0 Å². The lowest BCUT2D eigenvalue weighted by molar-refractivity contribution is 0.615. The molecule has 0 amide bonds. The van der Waals surface area contributed by atoms with Crippen LogP contribution in [-0.4, -0.2) is 15.2 Å². The van der Waals surface area contributed by atoms with Crippen molar-refractivity contribution in [2.45, 2.75) is 18.9 Å². The summed E-state index contributed by atoms with van der Waals surface area (Å²) in [4.78, 5) is 3.12. The van der Waals surface area contributed by atoms with Crippen LogP contribution in [0.1, 0.15) is 23.9 Å². The minimum atomic E-state index is -0.275. The van der Waals surface area contributed by atoms with E-state index in [4.69, 9.17) is 5.73 Å². The Kier molecular flexibility index (Phi) is 4.25. The van der Waals surface area contributed by atoms with Gasteiger partial charge in [0, 0.05) is 5.56 Å². The minimum absolute atomic E-state index is 0.207. The quantitative estimate of drug-likeness (QED) is 0.759. The molecule has 0 saturated carbocycles. The smallest absolute Gasteiger partial charge is 0.161 e. The number of aromatic amines is 1. The van der Waals surface area contributed by atoms with Gasteiger partial charge in [0.2, 0.25) is 0 Å².